The Morgan fingerprint density at radius 3 is 2.44 bits per heavy atom. The lowest BCUT2D eigenvalue weighted by Crippen LogP contribution is -2.34. The normalized spacial score (nSPS) is 14.1. The number of carbonyl (C=O) groups excluding carboxylic acids is 1. The summed E-state index contributed by atoms with van der Waals surface area (Å²) in [6, 6.07) is 11.1. The van der Waals surface area contributed by atoms with E-state index in [1.54, 1.807) is 18.2 Å². The summed E-state index contributed by atoms with van der Waals surface area (Å²) in [5.74, 6) is -0.184. The topological polar surface area (TPSA) is 66.5 Å². The Bertz CT molecular complexity index is 915. The molecule has 6 heteroatoms. The molecule has 25 heavy (non-hydrogen) atoms. The number of hydrogen-bond acceptors (Lipinski definition) is 3. The van der Waals surface area contributed by atoms with E-state index in [9.17, 15) is 13.2 Å². The fourth-order valence-corrected chi connectivity index (χ4v) is 4.24. The van der Waals surface area contributed by atoms with Gasteiger partial charge in [-0.15, -0.1) is 0 Å². The van der Waals surface area contributed by atoms with E-state index in [0.717, 1.165) is 35.2 Å². The zero-order valence-electron chi connectivity index (χ0n) is 14.7. The quantitative estimate of drug-likeness (QED) is 0.916. The van der Waals surface area contributed by atoms with Crippen LogP contribution in [-0.4, -0.2) is 27.1 Å². The maximum Gasteiger partial charge on any atom is 0.255 e. The van der Waals surface area contributed by atoms with Crippen molar-refractivity contribution in [1.29, 1.82) is 0 Å². The Labute approximate surface area is 148 Å². The van der Waals surface area contributed by atoms with Crippen molar-refractivity contribution in [2.45, 2.75) is 26.7 Å². The van der Waals surface area contributed by atoms with Crippen LogP contribution in [0, 0.1) is 13.8 Å². The smallest absolute Gasteiger partial charge is 0.255 e. The minimum absolute atomic E-state index is 0.184. The highest BCUT2D eigenvalue weighted by Gasteiger charge is 2.24. The highest BCUT2D eigenvalue weighted by Crippen LogP contribution is 2.30. The Morgan fingerprint density at radius 1 is 1.12 bits per heavy atom. The van der Waals surface area contributed by atoms with Crippen molar-refractivity contribution < 1.29 is 13.2 Å². The largest absolute Gasteiger partial charge is 0.322 e. The first-order chi connectivity index (χ1) is 11.8. The summed E-state index contributed by atoms with van der Waals surface area (Å²) in [6.07, 6.45) is 2.73. The van der Waals surface area contributed by atoms with Crippen LogP contribution in [0.1, 0.15) is 33.5 Å². The van der Waals surface area contributed by atoms with Gasteiger partial charge in [0.15, 0.2) is 0 Å². The lowest BCUT2D eigenvalue weighted by molar-refractivity contribution is 0.102. The number of hydrogen-bond donors (Lipinski definition) is 1. The maximum atomic E-state index is 12.6. The van der Waals surface area contributed by atoms with Gasteiger partial charge >= 0.3 is 0 Å². The van der Waals surface area contributed by atoms with Crippen molar-refractivity contribution in [2.24, 2.45) is 0 Å². The first-order valence-electron chi connectivity index (χ1n) is 8.25. The molecule has 1 amide bonds. The standard InChI is InChI=1S/C19H22N2O3S/c1-13-6-4-7-14(2)18(13)20-19(22)16-9-10-17-15(12-16)8-5-11-21(17)25(3,23)24/h4,6-7,9-10,12H,5,8,11H2,1-3H3,(H,20,22). The predicted molar refractivity (Wildman–Crippen MR) is 101 cm³/mol. The summed E-state index contributed by atoms with van der Waals surface area (Å²) in [7, 11) is -3.30. The minimum atomic E-state index is -3.30. The molecule has 0 aromatic heterocycles. The minimum Gasteiger partial charge on any atom is -0.322 e. The summed E-state index contributed by atoms with van der Waals surface area (Å²) in [6.45, 7) is 4.40. The zero-order valence-corrected chi connectivity index (χ0v) is 15.5. The van der Waals surface area contributed by atoms with Crippen LogP contribution in [0.5, 0.6) is 0 Å². The number of rotatable bonds is 3. The molecule has 2 aromatic carbocycles. The fourth-order valence-electron chi connectivity index (χ4n) is 3.25. The van der Waals surface area contributed by atoms with Crippen molar-refractivity contribution >= 4 is 27.3 Å². The molecular formula is C19H22N2O3S. The Hall–Kier alpha value is -2.34. The van der Waals surface area contributed by atoms with Crippen molar-refractivity contribution in [3.63, 3.8) is 0 Å². The van der Waals surface area contributed by atoms with Gasteiger partial charge in [-0.1, -0.05) is 18.2 Å². The monoisotopic (exact) mass is 358 g/mol. The number of nitrogens with zero attached hydrogens (tertiary/aromatic N) is 1. The number of nitrogens with one attached hydrogen (secondary N) is 1. The highest BCUT2D eigenvalue weighted by atomic mass is 32.2. The average Bonchev–Trinajstić information content (AvgIpc) is 2.56. The molecule has 0 spiro atoms. The number of amides is 1. The highest BCUT2D eigenvalue weighted by molar-refractivity contribution is 7.92. The van der Waals surface area contributed by atoms with E-state index >= 15 is 0 Å². The third-order valence-electron chi connectivity index (χ3n) is 4.54. The SMILES string of the molecule is Cc1cccc(C)c1NC(=O)c1ccc2c(c1)CCCN2S(C)(=O)=O. The molecule has 0 aliphatic carbocycles. The third-order valence-corrected chi connectivity index (χ3v) is 5.72. The van der Waals surface area contributed by atoms with Gasteiger partial charge in [-0.05, 0) is 61.6 Å². The van der Waals surface area contributed by atoms with E-state index in [1.807, 2.05) is 32.0 Å². The van der Waals surface area contributed by atoms with Gasteiger partial charge < -0.3 is 5.32 Å². The maximum absolute atomic E-state index is 12.6. The summed E-state index contributed by atoms with van der Waals surface area (Å²) < 4.78 is 25.3. The van der Waals surface area contributed by atoms with Crippen molar-refractivity contribution in [3.8, 4) is 0 Å². The summed E-state index contributed by atoms with van der Waals surface area (Å²) in [5, 5.41) is 2.97. The molecule has 1 aliphatic rings. The summed E-state index contributed by atoms with van der Waals surface area (Å²) >= 11 is 0. The first-order valence-corrected chi connectivity index (χ1v) is 10.1. The van der Waals surface area contributed by atoms with Gasteiger partial charge in [0.1, 0.15) is 0 Å². The van der Waals surface area contributed by atoms with E-state index in [-0.39, 0.29) is 5.91 Å². The van der Waals surface area contributed by atoms with Crippen LogP contribution in [0.4, 0.5) is 11.4 Å². The fraction of sp³-hybridized carbons (Fsp3) is 0.316. The Kier molecular flexibility index (Phi) is 4.56. The average molecular weight is 358 g/mol. The predicted octanol–water partition coefficient (Wildman–Crippen LogP) is 3.27. The second-order valence-corrected chi connectivity index (χ2v) is 8.41. The van der Waals surface area contributed by atoms with Crippen LogP contribution in [0.25, 0.3) is 0 Å². The van der Waals surface area contributed by atoms with Gasteiger partial charge in [0.25, 0.3) is 5.91 Å². The van der Waals surface area contributed by atoms with Gasteiger partial charge in [0.2, 0.25) is 10.0 Å². The van der Waals surface area contributed by atoms with Crippen LogP contribution in [0.2, 0.25) is 0 Å². The van der Waals surface area contributed by atoms with E-state index < -0.39 is 10.0 Å². The number of fused-ring (bicyclic) bond motifs is 1. The molecule has 0 fully saturated rings. The number of aryl methyl sites for hydroxylation is 3. The van der Waals surface area contributed by atoms with Crippen molar-refractivity contribution in [1.82, 2.24) is 0 Å². The van der Waals surface area contributed by atoms with Gasteiger partial charge in [0, 0.05) is 17.8 Å². The molecule has 0 unspecified atom stereocenters. The molecule has 1 aliphatic heterocycles. The molecule has 0 bridgehead atoms. The Morgan fingerprint density at radius 2 is 1.80 bits per heavy atom. The van der Waals surface area contributed by atoms with Gasteiger partial charge in [-0.2, -0.15) is 0 Å². The van der Waals surface area contributed by atoms with Crippen LogP contribution in [-0.2, 0) is 16.4 Å². The molecule has 2 aromatic rings. The third kappa shape index (κ3) is 3.54. The van der Waals surface area contributed by atoms with Crippen molar-refractivity contribution in [3.05, 3.63) is 58.7 Å². The molecule has 3 rings (SSSR count). The van der Waals surface area contributed by atoms with Gasteiger partial charge in [-0.25, -0.2) is 8.42 Å². The zero-order chi connectivity index (χ0) is 18.2. The van der Waals surface area contributed by atoms with Crippen LogP contribution >= 0.6 is 0 Å². The van der Waals surface area contributed by atoms with E-state index in [2.05, 4.69) is 5.32 Å². The van der Waals surface area contributed by atoms with Crippen molar-refractivity contribution in [2.75, 3.05) is 22.4 Å². The van der Waals surface area contributed by atoms with E-state index in [4.69, 9.17) is 0 Å². The molecule has 0 saturated carbocycles. The second-order valence-electron chi connectivity index (χ2n) is 6.50. The Balaban J connectivity index is 1.91. The number of anilines is 2. The molecule has 0 atom stereocenters. The number of para-hydroxylation sites is 1. The van der Waals surface area contributed by atoms with E-state index in [0.29, 0.717) is 17.8 Å². The summed E-state index contributed by atoms with van der Waals surface area (Å²) in [4.78, 5) is 12.6. The summed E-state index contributed by atoms with van der Waals surface area (Å²) in [5.41, 5.74) is 4.95. The lowest BCUT2D eigenvalue weighted by atomic mass is 10.00. The molecule has 1 N–H and O–H groups in total. The van der Waals surface area contributed by atoms with Crippen LogP contribution in [0.3, 0.4) is 0 Å². The molecule has 132 valence electrons. The second kappa shape index (κ2) is 6.52. The first kappa shape index (κ1) is 17.5. The molecule has 5 nitrogen and oxygen atoms in total. The number of carbonyl (C=O) groups is 1. The van der Waals surface area contributed by atoms with Gasteiger partial charge in [0.05, 0.1) is 11.9 Å². The molecule has 1 heterocycles. The lowest BCUT2D eigenvalue weighted by Gasteiger charge is -2.29. The number of benzene rings is 2. The molecule has 0 radical (unpaired) electrons. The van der Waals surface area contributed by atoms with E-state index in [1.165, 1.54) is 10.6 Å². The molecule has 0 saturated heterocycles. The van der Waals surface area contributed by atoms with Crippen LogP contribution < -0.4 is 9.62 Å². The van der Waals surface area contributed by atoms with Gasteiger partial charge in [-0.3, -0.25) is 9.10 Å². The van der Waals surface area contributed by atoms with Crippen LogP contribution in [0.15, 0.2) is 36.4 Å². The number of sulfonamides is 1. The molecular weight excluding hydrogens is 336 g/mol.